The van der Waals surface area contributed by atoms with Gasteiger partial charge in [0, 0.05) is 39.4 Å². The van der Waals surface area contributed by atoms with Crippen molar-refractivity contribution in [3.63, 3.8) is 0 Å². The van der Waals surface area contributed by atoms with E-state index in [1.807, 2.05) is 32.8 Å². The van der Waals surface area contributed by atoms with Gasteiger partial charge >= 0.3 is 23.9 Å². The predicted octanol–water partition coefficient (Wildman–Crippen LogP) is 6.66. The molecular formula is C54H77NO16. The maximum absolute atomic E-state index is 14.8. The number of likely N-dealkylation sites (N-methyl/N-ethyl adjacent to an activating group) is 1. The van der Waals surface area contributed by atoms with E-state index in [4.69, 9.17) is 47.4 Å². The number of allylic oxidation sites excluding steroid dienone is 1. The first-order valence-electron chi connectivity index (χ1n) is 24.6. The average molecular weight is 996 g/mol. The summed E-state index contributed by atoms with van der Waals surface area (Å²) in [6, 6.07) is 16.8. The molecule has 0 amide bonds. The maximum atomic E-state index is 14.8. The summed E-state index contributed by atoms with van der Waals surface area (Å²) in [7, 11) is 6.77. The molecule has 3 aliphatic rings. The zero-order valence-corrected chi connectivity index (χ0v) is 43.9. The molecule has 1 N–H and O–H groups in total. The van der Waals surface area contributed by atoms with Gasteiger partial charge in [-0.3, -0.25) is 14.4 Å². The zero-order valence-electron chi connectivity index (χ0n) is 43.9. The fourth-order valence-corrected chi connectivity index (χ4v) is 10.3. The molecule has 16 atom stereocenters. The van der Waals surface area contributed by atoms with Crippen molar-refractivity contribution in [1.29, 1.82) is 0 Å². The fourth-order valence-electron chi connectivity index (χ4n) is 10.3. The van der Waals surface area contributed by atoms with Gasteiger partial charge in [0.05, 0.1) is 53.1 Å². The third kappa shape index (κ3) is 13.7. The van der Waals surface area contributed by atoms with Crippen LogP contribution in [0.5, 0.6) is 0 Å². The van der Waals surface area contributed by atoms with Gasteiger partial charge in [-0.25, -0.2) is 9.59 Å². The summed E-state index contributed by atoms with van der Waals surface area (Å²) in [5.74, 6) is -5.79. The van der Waals surface area contributed by atoms with Crippen LogP contribution in [-0.4, -0.2) is 153 Å². The topological polar surface area (TPSA) is 201 Å². The van der Waals surface area contributed by atoms with Crippen molar-refractivity contribution in [1.82, 2.24) is 4.90 Å². The van der Waals surface area contributed by atoms with E-state index in [9.17, 15) is 29.1 Å². The Labute approximate surface area is 419 Å². The summed E-state index contributed by atoms with van der Waals surface area (Å²) in [5.41, 5.74) is -3.84. The van der Waals surface area contributed by atoms with E-state index in [0.717, 1.165) is 0 Å². The van der Waals surface area contributed by atoms with Crippen LogP contribution >= 0.6 is 0 Å². The molecule has 2 aromatic rings. The summed E-state index contributed by atoms with van der Waals surface area (Å²) < 4.78 is 63.8. The minimum absolute atomic E-state index is 0.0270. The van der Waals surface area contributed by atoms with Crippen molar-refractivity contribution in [3.05, 3.63) is 83.4 Å². The van der Waals surface area contributed by atoms with E-state index in [1.165, 1.54) is 27.2 Å². The summed E-state index contributed by atoms with van der Waals surface area (Å²) in [5, 5.41) is 12.3. The van der Waals surface area contributed by atoms with Crippen LogP contribution in [0.1, 0.15) is 116 Å². The number of carbonyl (C=O) groups is 5. The van der Waals surface area contributed by atoms with Gasteiger partial charge in [-0.1, -0.05) is 57.2 Å². The molecule has 2 saturated heterocycles. The Kier molecular flexibility index (Phi) is 19.7. The van der Waals surface area contributed by atoms with Gasteiger partial charge in [0.25, 0.3) is 0 Å². The van der Waals surface area contributed by atoms with Crippen molar-refractivity contribution in [3.8, 4) is 0 Å². The Hall–Kier alpha value is -4.59. The van der Waals surface area contributed by atoms with Crippen LogP contribution in [0.4, 0.5) is 0 Å². The average Bonchev–Trinajstić information content (AvgIpc) is 3.34. The number of nitrogens with zero attached hydrogens (tertiary/aromatic N) is 1. The highest BCUT2D eigenvalue weighted by atomic mass is 16.7. The number of rotatable bonds is 14. The summed E-state index contributed by atoms with van der Waals surface area (Å²) in [6.45, 7) is 16.2. The van der Waals surface area contributed by atoms with Gasteiger partial charge in [0.2, 0.25) is 0 Å². The number of ketones is 1. The molecule has 5 rings (SSSR count). The van der Waals surface area contributed by atoms with E-state index >= 15 is 0 Å². The Morgan fingerprint density at radius 1 is 0.789 bits per heavy atom. The number of ether oxygens (including phenoxy) is 10. The second-order valence-corrected chi connectivity index (χ2v) is 20.2. The van der Waals surface area contributed by atoms with E-state index in [-0.39, 0.29) is 42.8 Å². The van der Waals surface area contributed by atoms with Crippen LogP contribution in [0.15, 0.2) is 72.3 Å². The monoisotopic (exact) mass is 996 g/mol. The number of aliphatic hydroxyl groups is 1. The van der Waals surface area contributed by atoms with Gasteiger partial charge < -0.3 is 57.4 Å². The molecule has 2 aromatic carbocycles. The molecule has 17 heteroatoms. The van der Waals surface area contributed by atoms with E-state index in [0.29, 0.717) is 17.5 Å². The molecule has 0 aliphatic carbocycles. The number of hydrogen-bond donors (Lipinski definition) is 1. The van der Waals surface area contributed by atoms with Crippen LogP contribution in [0, 0.1) is 17.8 Å². The highest BCUT2D eigenvalue weighted by molar-refractivity contribution is 5.96. The van der Waals surface area contributed by atoms with Crippen LogP contribution < -0.4 is 0 Å². The Balaban J connectivity index is 1.65. The molecule has 0 aromatic heterocycles. The fraction of sp³-hybridized carbons (Fsp3) is 0.648. The van der Waals surface area contributed by atoms with Gasteiger partial charge in [-0.05, 0) is 111 Å². The molecule has 394 valence electrons. The predicted molar refractivity (Wildman–Crippen MR) is 260 cm³/mol. The lowest BCUT2D eigenvalue weighted by molar-refractivity contribution is -0.318. The van der Waals surface area contributed by atoms with Crippen molar-refractivity contribution < 1.29 is 76.4 Å². The Bertz CT molecular complexity index is 2150. The number of Topliss-reactive ketones (excluding diaryl/α,β-unsaturated/α-hetero) is 1. The molecule has 17 nitrogen and oxygen atoms in total. The highest BCUT2D eigenvalue weighted by Gasteiger charge is 2.54. The SMILES string of the molecule is CC[C@H]1OC(=O)[C@H](C)[C@@H](OC2C[C@@](C)(OC)[C@@H](OC(=O)c3ccccc3)[C@H](C)O2)[C@H](C)[C@@H](OC2O[C@H](C)C[C@H](N(C)C)[C@H]2OC(=O)c2ccccc2)[C@@](C)(OC)C[C@@H](C)C(=O)/C(C)=C/[C@@]1(O)COC(C)=O. The van der Waals surface area contributed by atoms with Crippen molar-refractivity contribution in [2.75, 3.05) is 34.9 Å². The molecule has 2 fully saturated rings. The lowest BCUT2D eigenvalue weighted by atomic mass is 9.76. The van der Waals surface area contributed by atoms with Crippen LogP contribution in [-0.2, 0) is 61.8 Å². The normalized spacial score (nSPS) is 37.2. The highest BCUT2D eigenvalue weighted by Crippen LogP contribution is 2.42. The largest absolute Gasteiger partial charge is 0.462 e. The third-order valence-electron chi connectivity index (χ3n) is 14.4. The molecule has 71 heavy (non-hydrogen) atoms. The van der Waals surface area contributed by atoms with Crippen LogP contribution in [0.2, 0.25) is 0 Å². The number of hydrogen-bond acceptors (Lipinski definition) is 17. The Morgan fingerprint density at radius 2 is 1.35 bits per heavy atom. The smallest absolute Gasteiger partial charge is 0.338 e. The molecule has 0 radical (unpaired) electrons. The summed E-state index contributed by atoms with van der Waals surface area (Å²) in [6.07, 6.45) is -6.99. The lowest BCUT2D eigenvalue weighted by Crippen LogP contribution is -2.61. The number of benzene rings is 2. The molecule has 0 saturated carbocycles. The second kappa shape index (κ2) is 24.4. The zero-order chi connectivity index (χ0) is 52.6. The van der Waals surface area contributed by atoms with E-state index < -0.39 is 114 Å². The minimum atomic E-state index is -2.11. The lowest BCUT2D eigenvalue weighted by Gasteiger charge is -2.50. The number of esters is 4. The quantitative estimate of drug-likeness (QED) is 0.155. The van der Waals surface area contributed by atoms with Crippen molar-refractivity contribution >= 4 is 29.7 Å². The van der Waals surface area contributed by atoms with Gasteiger partial charge in [0.1, 0.15) is 18.3 Å². The molecular weight excluding hydrogens is 919 g/mol. The molecule has 0 spiro atoms. The summed E-state index contributed by atoms with van der Waals surface area (Å²) >= 11 is 0. The second-order valence-electron chi connectivity index (χ2n) is 20.2. The molecule has 0 bridgehead atoms. The van der Waals surface area contributed by atoms with Crippen LogP contribution in [0.3, 0.4) is 0 Å². The maximum Gasteiger partial charge on any atom is 0.338 e. The third-order valence-corrected chi connectivity index (χ3v) is 14.4. The molecule has 3 aliphatic heterocycles. The minimum Gasteiger partial charge on any atom is -0.462 e. The standard InChI is InChI=1S/C54H77NO16/c1-15-41-54(61,30-64-37(8)56)28-32(3)43(57)31(2)27-52(9,62-13)46(71-51-45(40(55(11)12)26-33(4)65-51)69-49(59)38-22-18-16-19-23-38)34(5)44(35(6)48(58)67-41)68-42-29-53(10,63-14)47(36(7)66-42)70-50(60)39-24-20-17-21-25-39/h16-25,28,31,33-36,40-42,44-47,51,61H,15,26-27,29-30H2,1-14H3/b32-28+/t31-,33-,34+,35-,36+,40+,41-,42?,44+,45-,46-,47+,51?,52+,53-,54-/m1/s1. The Morgan fingerprint density at radius 3 is 1.89 bits per heavy atom. The van der Waals surface area contributed by atoms with E-state index in [2.05, 4.69) is 0 Å². The van der Waals surface area contributed by atoms with Crippen molar-refractivity contribution in [2.45, 2.75) is 173 Å². The first-order valence-corrected chi connectivity index (χ1v) is 24.6. The van der Waals surface area contributed by atoms with Crippen molar-refractivity contribution in [2.24, 2.45) is 17.8 Å². The van der Waals surface area contributed by atoms with Crippen LogP contribution in [0.25, 0.3) is 0 Å². The first-order chi connectivity index (χ1) is 33.4. The number of cyclic esters (lactones) is 1. The van der Waals surface area contributed by atoms with E-state index in [1.54, 1.807) is 109 Å². The number of methoxy groups -OCH3 is 2. The van der Waals surface area contributed by atoms with Gasteiger partial charge in [-0.15, -0.1) is 0 Å². The number of carbonyl (C=O) groups excluding carboxylic acids is 5. The van der Waals surface area contributed by atoms with Gasteiger partial charge in [0.15, 0.2) is 36.2 Å². The summed E-state index contributed by atoms with van der Waals surface area (Å²) in [4.78, 5) is 70.7. The molecule has 2 unspecified atom stereocenters. The molecule has 3 heterocycles. The first kappa shape index (κ1) is 57.3. The van der Waals surface area contributed by atoms with Gasteiger partial charge in [-0.2, -0.15) is 0 Å².